The summed E-state index contributed by atoms with van der Waals surface area (Å²) in [6.07, 6.45) is 2.38. The molecule has 0 aromatic carbocycles. The Balaban J connectivity index is 2.62. The monoisotopic (exact) mass is 233 g/mol. The first-order valence-corrected chi connectivity index (χ1v) is 5.66. The average molecular weight is 234 g/mol. The van der Waals surface area contributed by atoms with Crippen molar-refractivity contribution >= 4 is 27.3 Å². The second-order valence-electron chi connectivity index (χ2n) is 2.53. The Morgan fingerprint density at radius 3 is 2.64 bits per heavy atom. The standard InChI is InChI=1S/C8H12BrNS/c1-6-8(4-3-5-9)11-7(2)10-6/h3-5H2,1-2H3. The normalized spacial score (nSPS) is 10.5. The predicted molar refractivity (Wildman–Crippen MR) is 53.7 cm³/mol. The Kier molecular flexibility index (Phi) is 3.52. The summed E-state index contributed by atoms with van der Waals surface area (Å²) in [4.78, 5) is 5.81. The minimum Gasteiger partial charge on any atom is -0.247 e. The fraction of sp³-hybridized carbons (Fsp3) is 0.625. The van der Waals surface area contributed by atoms with E-state index in [-0.39, 0.29) is 0 Å². The van der Waals surface area contributed by atoms with Crippen LogP contribution in [0, 0.1) is 13.8 Å². The molecule has 0 saturated heterocycles. The van der Waals surface area contributed by atoms with Crippen molar-refractivity contribution in [1.29, 1.82) is 0 Å². The molecule has 0 spiro atoms. The van der Waals surface area contributed by atoms with Crippen molar-refractivity contribution in [2.24, 2.45) is 0 Å². The summed E-state index contributed by atoms with van der Waals surface area (Å²) in [5, 5.41) is 2.27. The maximum Gasteiger partial charge on any atom is 0.0900 e. The number of aryl methyl sites for hydroxylation is 3. The maximum absolute atomic E-state index is 4.37. The van der Waals surface area contributed by atoms with Crippen LogP contribution in [0.4, 0.5) is 0 Å². The second-order valence-corrected chi connectivity index (χ2v) is 4.61. The smallest absolute Gasteiger partial charge is 0.0900 e. The lowest BCUT2D eigenvalue weighted by Gasteiger charge is -1.93. The van der Waals surface area contributed by atoms with Gasteiger partial charge in [-0.2, -0.15) is 0 Å². The summed E-state index contributed by atoms with van der Waals surface area (Å²) in [5.41, 5.74) is 1.22. The highest BCUT2D eigenvalue weighted by atomic mass is 79.9. The third-order valence-electron chi connectivity index (χ3n) is 1.54. The number of halogens is 1. The minimum atomic E-state index is 1.09. The van der Waals surface area contributed by atoms with E-state index in [2.05, 4.69) is 34.8 Å². The molecule has 0 atom stereocenters. The fourth-order valence-corrected chi connectivity index (χ4v) is 2.29. The second kappa shape index (κ2) is 4.21. The zero-order valence-electron chi connectivity index (χ0n) is 6.85. The van der Waals surface area contributed by atoms with Gasteiger partial charge in [0.25, 0.3) is 0 Å². The van der Waals surface area contributed by atoms with Crippen LogP contribution in [0.2, 0.25) is 0 Å². The topological polar surface area (TPSA) is 12.9 Å². The Morgan fingerprint density at radius 1 is 1.45 bits per heavy atom. The number of nitrogens with zero attached hydrogens (tertiary/aromatic N) is 1. The largest absolute Gasteiger partial charge is 0.247 e. The first kappa shape index (κ1) is 9.20. The molecule has 1 aromatic heterocycles. The molecule has 11 heavy (non-hydrogen) atoms. The van der Waals surface area contributed by atoms with Crippen LogP contribution in [0.3, 0.4) is 0 Å². The number of hydrogen-bond acceptors (Lipinski definition) is 2. The molecule has 0 unspecified atom stereocenters. The lowest BCUT2D eigenvalue weighted by atomic mass is 10.2. The summed E-state index contributed by atoms with van der Waals surface area (Å²) in [6.45, 7) is 4.16. The molecular weight excluding hydrogens is 222 g/mol. The lowest BCUT2D eigenvalue weighted by Crippen LogP contribution is -1.84. The number of thiazole rings is 1. The first-order chi connectivity index (χ1) is 5.24. The number of aromatic nitrogens is 1. The van der Waals surface area contributed by atoms with Crippen LogP contribution in [0.1, 0.15) is 22.0 Å². The van der Waals surface area contributed by atoms with Crippen LogP contribution >= 0.6 is 27.3 Å². The van der Waals surface area contributed by atoms with E-state index in [0.717, 1.165) is 5.33 Å². The highest BCUT2D eigenvalue weighted by Gasteiger charge is 2.02. The molecule has 0 amide bonds. The van der Waals surface area contributed by atoms with Crippen LogP contribution in [0.15, 0.2) is 0 Å². The van der Waals surface area contributed by atoms with E-state index in [1.54, 1.807) is 0 Å². The van der Waals surface area contributed by atoms with Crippen LogP contribution < -0.4 is 0 Å². The van der Waals surface area contributed by atoms with Crippen LogP contribution in [-0.2, 0) is 6.42 Å². The van der Waals surface area contributed by atoms with Gasteiger partial charge in [0, 0.05) is 10.2 Å². The number of rotatable bonds is 3. The molecule has 1 nitrogen and oxygen atoms in total. The molecule has 0 N–H and O–H groups in total. The van der Waals surface area contributed by atoms with E-state index in [4.69, 9.17) is 0 Å². The summed E-state index contributed by atoms with van der Waals surface area (Å²) in [5.74, 6) is 0. The zero-order chi connectivity index (χ0) is 8.27. The van der Waals surface area contributed by atoms with Crippen LogP contribution in [0.5, 0.6) is 0 Å². The van der Waals surface area contributed by atoms with Crippen LogP contribution in [0.25, 0.3) is 0 Å². The summed E-state index contributed by atoms with van der Waals surface area (Å²) < 4.78 is 0. The van der Waals surface area contributed by atoms with Crippen molar-refractivity contribution in [3.63, 3.8) is 0 Å². The van der Waals surface area contributed by atoms with Gasteiger partial charge in [0.1, 0.15) is 0 Å². The average Bonchev–Trinajstić information content (AvgIpc) is 2.26. The Hall–Kier alpha value is 0.110. The van der Waals surface area contributed by atoms with Gasteiger partial charge in [-0.3, -0.25) is 0 Å². The Labute approximate surface area is 80.0 Å². The van der Waals surface area contributed by atoms with Crippen molar-refractivity contribution in [3.05, 3.63) is 15.6 Å². The van der Waals surface area contributed by atoms with Gasteiger partial charge >= 0.3 is 0 Å². The molecule has 1 rings (SSSR count). The molecule has 1 aromatic rings. The van der Waals surface area contributed by atoms with E-state index in [0.29, 0.717) is 0 Å². The summed E-state index contributed by atoms with van der Waals surface area (Å²) in [6, 6.07) is 0. The van der Waals surface area contributed by atoms with Crippen LogP contribution in [-0.4, -0.2) is 10.3 Å². The Morgan fingerprint density at radius 2 is 2.18 bits per heavy atom. The van der Waals surface area contributed by atoms with Gasteiger partial charge in [-0.05, 0) is 26.7 Å². The van der Waals surface area contributed by atoms with E-state index in [1.807, 2.05) is 11.3 Å². The number of alkyl halides is 1. The van der Waals surface area contributed by atoms with Gasteiger partial charge < -0.3 is 0 Å². The lowest BCUT2D eigenvalue weighted by molar-refractivity contribution is 0.941. The first-order valence-electron chi connectivity index (χ1n) is 3.73. The molecule has 3 heteroatoms. The highest BCUT2D eigenvalue weighted by Crippen LogP contribution is 2.18. The molecule has 0 fully saturated rings. The number of hydrogen-bond donors (Lipinski definition) is 0. The van der Waals surface area contributed by atoms with Gasteiger partial charge in [-0.25, -0.2) is 4.98 Å². The van der Waals surface area contributed by atoms with Gasteiger partial charge in [0.2, 0.25) is 0 Å². The zero-order valence-corrected chi connectivity index (χ0v) is 9.26. The molecule has 0 aliphatic heterocycles. The van der Waals surface area contributed by atoms with E-state index < -0.39 is 0 Å². The maximum atomic E-state index is 4.37. The van der Waals surface area contributed by atoms with Gasteiger partial charge in [0.15, 0.2) is 0 Å². The molecule has 0 radical (unpaired) electrons. The Bertz CT molecular complexity index is 232. The molecular formula is C8H12BrNS. The quantitative estimate of drug-likeness (QED) is 0.732. The van der Waals surface area contributed by atoms with Crippen molar-refractivity contribution < 1.29 is 0 Å². The van der Waals surface area contributed by atoms with Crippen molar-refractivity contribution in [2.45, 2.75) is 26.7 Å². The predicted octanol–water partition coefficient (Wildman–Crippen LogP) is 3.09. The summed E-state index contributed by atoms with van der Waals surface area (Å²) >= 11 is 5.24. The third-order valence-corrected chi connectivity index (χ3v) is 3.23. The SMILES string of the molecule is Cc1nc(C)c(CCCBr)s1. The van der Waals surface area contributed by atoms with Gasteiger partial charge in [-0.15, -0.1) is 11.3 Å². The van der Waals surface area contributed by atoms with Gasteiger partial charge in [-0.1, -0.05) is 15.9 Å². The van der Waals surface area contributed by atoms with E-state index in [9.17, 15) is 0 Å². The molecule has 0 saturated carbocycles. The molecule has 62 valence electrons. The van der Waals surface area contributed by atoms with E-state index in [1.165, 1.54) is 28.4 Å². The molecule has 0 aliphatic rings. The molecule has 0 aliphatic carbocycles. The van der Waals surface area contributed by atoms with E-state index >= 15 is 0 Å². The fourth-order valence-electron chi connectivity index (χ4n) is 1.03. The van der Waals surface area contributed by atoms with Crippen molar-refractivity contribution in [2.75, 3.05) is 5.33 Å². The van der Waals surface area contributed by atoms with Crippen molar-refractivity contribution in [3.8, 4) is 0 Å². The molecule has 1 heterocycles. The third kappa shape index (κ3) is 2.56. The van der Waals surface area contributed by atoms with Crippen molar-refractivity contribution in [1.82, 2.24) is 4.98 Å². The minimum absolute atomic E-state index is 1.09. The highest BCUT2D eigenvalue weighted by molar-refractivity contribution is 9.09. The van der Waals surface area contributed by atoms with Gasteiger partial charge in [0.05, 0.1) is 10.7 Å². The molecule has 0 bridgehead atoms. The summed E-state index contributed by atoms with van der Waals surface area (Å²) in [7, 11) is 0.